The van der Waals surface area contributed by atoms with Crippen LogP contribution in [0.5, 0.6) is 0 Å². The van der Waals surface area contributed by atoms with Gasteiger partial charge in [0.2, 0.25) is 5.95 Å². The first kappa shape index (κ1) is 20.9. The molecule has 6 nitrogen and oxygen atoms in total. The van der Waals surface area contributed by atoms with Crippen LogP contribution in [0.1, 0.15) is 33.3 Å². The van der Waals surface area contributed by atoms with E-state index in [1.54, 1.807) is 18.3 Å². The third-order valence-corrected chi connectivity index (χ3v) is 5.53. The first-order valence-corrected chi connectivity index (χ1v) is 10.2. The molecule has 0 aliphatic rings. The Morgan fingerprint density at radius 3 is 2.52 bits per heavy atom. The molecule has 0 saturated heterocycles. The van der Waals surface area contributed by atoms with Crippen molar-refractivity contribution in [1.29, 1.82) is 0 Å². The van der Waals surface area contributed by atoms with Gasteiger partial charge in [0.15, 0.2) is 0 Å². The van der Waals surface area contributed by atoms with Crippen LogP contribution in [-0.4, -0.2) is 30.5 Å². The summed E-state index contributed by atoms with van der Waals surface area (Å²) in [5, 5.41) is 12.9. The van der Waals surface area contributed by atoms with E-state index >= 15 is 0 Å². The summed E-state index contributed by atoms with van der Waals surface area (Å²) in [6.45, 7) is 8.50. The first-order chi connectivity index (χ1) is 14.8. The number of fused-ring (bicyclic) bond motifs is 1. The highest BCUT2D eigenvalue weighted by Crippen LogP contribution is 2.33. The van der Waals surface area contributed by atoms with Gasteiger partial charge in [0, 0.05) is 24.0 Å². The number of benzene rings is 1. The minimum absolute atomic E-state index is 0.0443. The van der Waals surface area contributed by atoms with Gasteiger partial charge in [-0.2, -0.15) is 0 Å². The number of imidazole rings is 1. The second-order valence-electron chi connectivity index (χ2n) is 8.73. The number of halogens is 1. The highest BCUT2D eigenvalue weighted by Gasteiger charge is 2.22. The number of nitrogens with zero attached hydrogens (tertiary/aromatic N) is 4. The SMILES string of the molecule is CC(Nc1nccc(-c2c(-c3ccc(F)cc3)nc3cc(CO)ccn23)n1)C(C)(C)C. The maximum atomic E-state index is 13.5. The van der Waals surface area contributed by atoms with Crippen LogP contribution in [0.15, 0.2) is 54.9 Å². The van der Waals surface area contributed by atoms with Gasteiger partial charge < -0.3 is 10.4 Å². The minimum Gasteiger partial charge on any atom is -0.392 e. The third kappa shape index (κ3) is 4.27. The average Bonchev–Trinajstić information content (AvgIpc) is 3.12. The molecule has 1 aromatic carbocycles. The topological polar surface area (TPSA) is 75.3 Å². The van der Waals surface area contributed by atoms with Gasteiger partial charge in [0.05, 0.1) is 23.7 Å². The lowest BCUT2D eigenvalue weighted by molar-refractivity contribution is 0.282. The molecule has 0 fully saturated rings. The second kappa shape index (κ2) is 8.07. The largest absolute Gasteiger partial charge is 0.392 e. The Bertz CT molecular complexity index is 1210. The molecule has 31 heavy (non-hydrogen) atoms. The Kier molecular flexibility index (Phi) is 5.45. The van der Waals surface area contributed by atoms with E-state index in [9.17, 15) is 9.50 Å². The number of hydrogen-bond acceptors (Lipinski definition) is 5. The summed E-state index contributed by atoms with van der Waals surface area (Å²) in [4.78, 5) is 13.9. The number of aliphatic hydroxyl groups is 1. The van der Waals surface area contributed by atoms with Gasteiger partial charge in [-0.05, 0) is 60.4 Å². The van der Waals surface area contributed by atoms with E-state index < -0.39 is 0 Å². The van der Waals surface area contributed by atoms with Gasteiger partial charge in [-0.15, -0.1) is 0 Å². The fourth-order valence-electron chi connectivity index (χ4n) is 3.21. The van der Waals surface area contributed by atoms with E-state index in [4.69, 9.17) is 9.97 Å². The minimum atomic E-state index is -0.304. The van der Waals surface area contributed by atoms with Crippen molar-refractivity contribution in [1.82, 2.24) is 19.4 Å². The molecular formula is C24H26FN5O. The maximum absolute atomic E-state index is 13.5. The molecule has 4 aromatic rings. The molecule has 0 bridgehead atoms. The summed E-state index contributed by atoms with van der Waals surface area (Å²) in [6.07, 6.45) is 3.58. The van der Waals surface area contributed by atoms with E-state index in [2.05, 4.69) is 38.0 Å². The number of aromatic nitrogens is 4. The molecule has 0 radical (unpaired) electrons. The summed E-state index contributed by atoms with van der Waals surface area (Å²) in [5.74, 6) is 0.230. The van der Waals surface area contributed by atoms with Gasteiger partial charge >= 0.3 is 0 Å². The van der Waals surface area contributed by atoms with Crippen LogP contribution in [0.4, 0.5) is 10.3 Å². The maximum Gasteiger partial charge on any atom is 0.223 e. The van der Waals surface area contributed by atoms with Gasteiger partial charge in [0.1, 0.15) is 11.5 Å². The van der Waals surface area contributed by atoms with Crippen molar-refractivity contribution < 1.29 is 9.50 Å². The summed E-state index contributed by atoms with van der Waals surface area (Å²) in [6, 6.07) is 11.9. The number of pyridine rings is 1. The molecule has 4 rings (SSSR count). The number of aliphatic hydroxyl groups excluding tert-OH is 1. The van der Waals surface area contributed by atoms with E-state index in [0.717, 1.165) is 16.8 Å². The standard InChI is InChI=1S/C24H26FN5O/c1-15(24(2,3)4)27-23-26-11-9-19(28-23)22-21(17-5-7-18(25)8-6-17)29-20-13-16(14-31)10-12-30(20)22/h5-13,15,31H,14H2,1-4H3,(H,26,27,28). The van der Waals surface area contributed by atoms with Crippen molar-refractivity contribution in [2.24, 2.45) is 5.41 Å². The van der Waals surface area contributed by atoms with Crippen molar-refractivity contribution in [3.8, 4) is 22.6 Å². The van der Waals surface area contributed by atoms with Crippen LogP contribution >= 0.6 is 0 Å². The Morgan fingerprint density at radius 2 is 1.84 bits per heavy atom. The zero-order valence-corrected chi connectivity index (χ0v) is 18.1. The fraction of sp³-hybridized carbons (Fsp3) is 0.292. The van der Waals surface area contributed by atoms with E-state index in [-0.39, 0.29) is 23.9 Å². The average molecular weight is 420 g/mol. The number of hydrogen-bond donors (Lipinski definition) is 2. The van der Waals surface area contributed by atoms with Crippen LogP contribution in [0.25, 0.3) is 28.3 Å². The summed E-state index contributed by atoms with van der Waals surface area (Å²) >= 11 is 0. The molecule has 0 aliphatic carbocycles. The quantitative estimate of drug-likeness (QED) is 0.479. The predicted octanol–water partition coefficient (Wildman–Crippen LogP) is 4.94. The lowest BCUT2D eigenvalue weighted by Crippen LogP contribution is -2.31. The highest BCUT2D eigenvalue weighted by atomic mass is 19.1. The zero-order valence-electron chi connectivity index (χ0n) is 18.1. The summed E-state index contributed by atoms with van der Waals surface area (Å²) in [7, 11) is 0. The Labute approximate surface area is 180 Å². The smallest absolute Gasteiger partial charge is 0.223 e. The lowest BCUT2D eigenvalue weighted by atomic mass is 9.88. The number of anilines is 1. The normalized spacial score (nSPS) is 12.8. The second-order valence-corrected chi connectivity index (χ2v) is 8.73. The van der Waals surface area contributed by atoms with Crippen molar-refractivity contribution >= 4 is 11.6 Å². The molecule has 160 valence electrons. The van der Waals surface area contributed by atoms with Crippen LogP contribution < -0.4 is 5.32 Å². The van der Waals surface area contributed by atoms with Gasteiger partial charge in [-0.1, -0.05) is 20.8 Å². The molecule has 3 heterocycles. The predicted molar refractivity (Wildman–Crippen MR) is 120 cm³/mol. The zero-order chi connectivity index (χ0) is 22.2. The van der Waals surface area contributed by atoms with E-state index in [1.807, 2.05) is 28.8 Å². The molecule has 0 saturated carbocycles. The van der Waals surface area contributed by atoms with Crippen LogP contribution in [0.3, 0.4) is 0 Å². The van der Waals surface area contributed by atoms with E-state index in [1.165, 1.54) is 12.1 Å². The number of rotatable bonds is 5. The molecule has 0 aliphatic heterocycles. The third-order valence-electron chi connectivity index (χ3n) is 5.53. The number of nitrogens with one attached hydrogen (secondary N) is 1. The van der Waals surface area contributed by atoms with Gasteiger partial charge in [-0.25, -0.2) is 19.3 Å². The van der Waals surface area contributed by atoms with Crippen LogP contribution in [0.2, 0.25) is 0 Å². The molecule has 3 aromatic heterocycles. The molecule has 1 atom stereocenters. The Morgan fingerprint density at radius 1 is 1.10 bits per heavy atom. The van der Waals surface area contributed by atoms with Crippen molar-refractivity contribution in [2.45, 2.75) is 40.3 Å². The summed E-state index contributed by atoms with van der Waals surface area (Å²) < 4.78 is 15.4. The van der Waals surface area contributed by atoms with Crippen molar-refractivity contribution in [2.75, 3.05) is 5.32 Å². The Hall–Kier alpha value is -3.32. The fourth-order valence-corrected chi connectivity index (χ4v) is 3.21. The van der Waals surface area contributed by atoms with Crippen LogP contribution in [0, 0.1) is 11.2 Å². The van der Waals surface area contributed by atoms with Crippen molar-refractivity contribution in [3.05, 3.63) is 66.2 Å². The van der Waals surface area contributed by atoms with Crippen molar-refractivity contribution in [3.63, 3.8) is 0 Å². The molecule has 1 unspecified atom stereocenters. The Balaban J connectivity index is 1.87. The molecule has 7 heteroatoms. The first-order valence-electron chi connectivity index (χ1n) is 10.2. The highest BCUT2D eigenvalue weighted by molar-refractivity contribution is 5.80. The van der Waals surface area contributed by atoms with E-state index in [0.29, 0.717) is 23.0 Å². The van der Waals surface area contributed by atoms with Crippen LogP contribution in [-0.2, 0) is 6.61 Å². The molecule has 0 amide bonds. The van der Waals surface area contributed by atoms with Gasteiger partial charge in [0.25, 0.3) is 0 Å². The lowest BCUT2D eigenvalue weighted by Gasteiger charge is -2.28. The summed E-state index contributed by atoms with van der Waals surface area (Å²) in [5.41, 5.74) is 4.42. The molecule has 0 spiro atoms. The molecular weight excluding hydrogens is 393 g/mol. The van der Waals surface area contributed by atoms with Gasteiger partial charge in [-0.3, -0.25) is 4.40 Å². The monoisotopic (exact) mass is 419 g/mol. The molecule has 2 N–H and O–H groups in total.